The average Bonchev–Trinajstić information content (AvgIpc) is 2.81. The molecule has 7 nitrogen and oxygen atoms in total. The summed E-state index contributed by atoms with van der Waals surface area (Å²) in [5.74, 6) is -2.71. The Bertz CT molecular complexity index is 586. The van der Waals surface area contributed by atoms with Gasteiger partial charge >= 0.3 is 5.97 Å². The van der Waals surface area contributed by atoms with E-state index in [9.17, 15) is 24.8 Å². The van der Waals surface area contributed by atoms with Crippen molar-refractivity contribution in [3.63, 3.8) is 0 Å². The van der Waals surface area contributed by atoms with Gasteiger partial charge in [0.05, 0.1) is 16.8 Å². The number of nitro groups is 1. The molecule has 1 amide bonds. The van der Waals surface area contributed by atoms with Gasteiger partial charge in [0.2, 0.25) is 5.91 Å². The maximum Gasteiger partial charge on any atom is 0.307 e. The number of benzene rings is 1. The third-order valence-corrected chi connectivity index (χ3v) is 3.81. The van der Waals surface area contributed by atoms with Crippen molar-refractivity contribution in [2.45, 2.75) is 19.8 Å². The van der Waals surface area contributed by atoms with Crippen LogP contribution in [0.1, 0.15) is 19.8 Å². The number of para-hydroxylation sites is 2. The van der Waals surface area contributed by atoms with Crippen LogP contribution in [0.15, 0.2) is 24.3 Å². The number of rotatable bonds is 4. The lowest BCUT2D eigenvalue weighted by Crippen LogP contribution is -2.30. The first-order chi connectivity index (χ1) is 9.90. The summed E-state index contributed by atoms with van der Waals surface area (Å²) in [6.45, 7) is 1.90. The molecule has 3 atom stereocenters. The van der Waals surface area contributed by atoms with E-state index in [1.54, 1.807) is 6.07 Å². The molecule has 0 spiro atoms. The SMILES string of the molecule is CC1CC(C(=O)O)C(C(=O)Nc2ccccc2[N+](=O)[O-])C1. The normalized spacial score (nSPS) is 24.5. The van der Waals surface area contributed by atoms with Crippen LogP contribution in [-0.4, -0.2) is 21.9 Å². The Kier molecular flexibility index (Phi) is 4.21. The van der Waals surface area contributed by atoms with Crippen molar-refractivity contribution < 1.29 is 19.6 Å². The maximum atomic E-state index is 12.3. The molecule has 2 N–H and O–H groups in total. The summed E-state index contributed by atoms with van der Waals surface area (Å²) < 4.78 is 0. The third-order valence-electron chi connectivity index (χ3n) is 3.81. The molecule has 1 aliphatic rings. The topological polar surface area (TPSA) is 110 Å². The number of amides is 1. The molecule has 1 aromatic rings. The van der Waals surface area contributed by atoms with E-state index >= 15 is 0 Å². The number of carboxylic acids is 1. The molecular weight excluding hydrogens is 276 g/mol. The number of hydrogen-bond acceptors (Lipinski definition) is 4. The molecular formula is C14H16N2O5. The van der Waals surface area contributed by atoms with Crippen molar-refractivity contribution in [1.82, 2.24) is 0 Å². The fourth-order valence-corrected chi connectivity index (χ4v) is 2.82. The monoisotopic (exact) mass is 292 g/mol. The van der Waals surface area contributed by atoms with Gasteiger partial charge in [-0.2, -0.15) is 0 Å². The van der Waals surface area contributed by atoms with E-state index in [0.717, 1.165) is 0 Å². The highest BCUT2D eigenvalue weighted by Crippen LogP contribution is 2.37. The van der Waals surface area contributed by atoms with Gasteiger partial charge in [0, 0.05) is 6.07 Å². The lowest BCUT2D eigenvalue weighted by Gasteiger charge is -2.15. The van der Waals surface area contributed by atoms with Crippen LogP contribution in [0.2, 0.25) is 0 Å². The summed E-state index contributed by atoms with van der Waals surface area (Å²) in [6.07, 6.45) is 0.924. The molecule has 0 saturated heterocycles. The highest BCUT2D eigenvalue weighted by molar-refractivity contribution is 5.97. The van der Waals surface area contributed by atoms with E-state index < -0.39 is 28.6 Å². The standard InChI is InChI=1S/C14H16N2O5/c1-8-6-9(10(7-8)14(18)19)13(17)15-11-4-2-3-5-12(11)16(20)21/h2-5,8-10H,6-7H2,1H3,(H,15,17)(H,18,19). The summed E-state index contributed by atoms with van der Waals surface area (Å²) in [4.78, 5) is 33.8. The second-order valence-electron chi connectivity index (χ2n) is 5.39. The van der Waals surface area contributed by atoms with Gasteiger partial charge in [-0.3, -0.25) is 19.7 Å². The number of carbonyl (C=O) groups is 2. The second kappa shape index (κ2) is 5.90. The Morgan fingerprint density at radius 1 is 1.29 bits per heavy atom. The number of nitrogens with zero attached hydrogens (tertiary/aromatic N) is 1. The summed E-state index contributed by atoms with van der Waals surface area (Å²) in [6, 6.07) is 5.81. The minimum absolute atomic E-state index is 0.0937. The smallest absolute Gasteiger partial charge is 0.307 e. The van der Waals surface area contributed by atoms with E-state index in [1.807, 2.05) is 6.92 Å². The van der Waals surface area contributed by atoms with Crippen LogP contribution < -0.4 is 5.32 Å². The second-order valence-corrected chi connectivity index (χ2v) is 5.39. The minimum Gasteiger partial charge on any atom is -0.481 e. The molecule has 7 heteroatoms. The zero-order valence-corrected chi connectivity index (χ0v) is 11.5. The highest BCUT2D eigenvalue weighted by atomic mass is 16.6. The van der Waals surface area contributed by atoms with Crippen LogP contribution in [0.25, 0.3) is 0 Å². The lowest BCUT2D eigenvalue weighted by molar-refractivity contribution is -0.383. The van der Waals surface area contributed by atoms with E-state index in [0.29, 0.717) is 12.8 Å². The van der Waals surface area contributed by atoms with Crippen molar-refractivity contribution in [1.29, 1.82) is 0 Å². The van der Waals surface area contributed by atoms with E-state index in [4.69, 9.17) is 0 Å². The highest BCUT2D eigenvalue weighted by Gasteiger charge is 2.41. The predicted octanol–water partition coefficient (Wildman–Crippen LogP) is 2.28. The number of nitro benzene ring substituents is 1. The van der Waals surface area contributed by atoms with Crippen LogP contribution in [0, 0.1) is 27.9 Å². The molecule has 1 aliphatic carbocycles. The van der Waals surface area contributed by atoms with Gasteiger partial charge in [0.15, 0.2) is 0 Å². The first-order valence-electron chi connectivity index (χ1n) is 6.67. The minimum atomic E-state index is -0.998. The zero-order chi connectivity index (χ0) is 15.6. The maximum absolute atomic E-state index is 12.3. The number of aliphatic carboxylic acids is 1. The summed E-state index contributed by atoms with van der Waals surface area (Å²) in [7, 11) is 0. The van der Waals surface area contributed by atoms with Gasteiger partial charge in [-0.15, -0.1) is 0 Å². The molecule has 0 aromatic heterocycles. The Balaban J connectivity index is 2.18. The number of carbonyl (C=O) groups excluding carboxylic acids is 1. The van der Waals surface area contributed by atoms with Gasteiger partial charge in [0.1, 0.15) is 5.69 Å². The molecule has 3 unspecified atom stereocenters. The van der Waals surface area contributed by atoms with E-state index in [2.05, 4.69) is 5.32 Å². The quantitative estimate of drug-likeness (QED) is 0.653. The summed E-state index contributed by atoms with van der Waals surface area (Å²) >= 11 is 0. The Labute approximate surface area is 121 Å². The summed E-state index contributed by atoms with van der Waals surface area (Å²) in [5.41, 5.74) is -0.111. The third kappa shape index (κ3) is 3.18. The largest absolute Gasteiger partial charge is 0.481 e. The Hall–Kier alpha value is -2.44. The number of anilines is 1. The first kappa shape index (κ1) is 15.0. The molecule has 1 aromatic carbocycles. The van der Waals surface area contributed by atoms with Crippen molar-refractivity contribution in [3.05, 3.63) is 34.4 Å². The van der Waals surface area contributed by atoms with Crippen LogP contribution in [0.4, 0.5) is 11.4 Å². The molecule has 0 bridgehead atoms. The lowest BCUT2D eigenvalue weighted by atomic mass is 9.95. The zero-order valence-electron chi connectivity index (χ0n) is 11.5. The fourth-order valence-electron chi connectivity index (χ4n) is 2.82. The van der Waals surface area contributed by atoms with Gasteiger partial charge in [0.25, 0.3) is 5.69 Å². The first-order valence-corrected chi connectivity index (χ1v) is 6.67. The van der Waals surface area contributed by atoms with Gasteiger partial charge in [-0.1, -0.05) is 19.1 Å². The fraction of sp³-hybridized carbons (Fsp3) is 0.429. The molecule has 1 saturated carbocycles. The van der Waals surface area contributed by atoms with Crippen LogP contribution in [0.3, 0.4) is 0 Å². The van der Waals surface area contributed by atoms with Crippen molar-refractivity contribution in [3.8, 4) is 0 Å². The van der Waals surface area contributed by atoms with E-state index in [1.165, 1.54) is 18.2 Å². The molecule has 0 aliphatic heterocycles. The van der Waals surface area contributed by atoms with Crippen molar-refractivity contribution in [2.24, 2.45) is 17.8 Å². The molecule has 1 fully saturated rings. The number of carboxylic acid groups (broad SMARTS) is 1. The predicted molar refractivity (Wildman–Crippen MR) is 74.7 cm³/mol. The summed E-state index contributed by atoms with van der Waals surface area (Å²) in [5, 5.41) is 22.6. The van der Waals surface area contributed by atoms with Gasteiger partial charge in [-0.25, -0.2) is 0 Å². The van der Waals surface area contributed by atoms with Crippen molar-refractivity contribution >= 4 is 23.3 Å². The van der Waals surface area contributed by atoms with Crippen LogP contribution >= 0.6 is 0 Å². The van der Waals surface area contributed by atoms with Crippen LogP contribution in [0.5, 0.6) is 0 Å². The molecule has 21 heavy (non-hydrogen) atoms. The Morgan fingerprint density at radius 2 is 1.90 bits per heavy atom. The van der Waals surface area contributed by atoms with Gasteiger partial charge in [-0.05, 0) is 24.8 Å². The van der Waals surface area contributed by atoms with Gasteiger partial charge < -0.3 is 10.4 Å². The number of hydrogen-bond donors (Lipinski definition) is 2. The average molecular weight is 292 g/mol. The number of nitrogens with one attached hydrogen (secondary N) is 1. The molecule has 2 rings (SSSR count). The molecule has 0 heterocycles. The van der Waals surface area contributed by atoms with E-state index in [-0.39, 0.29) is 17.3 Å². The molecule has 0 radical (unpaired) electrons. The Morgan fingerprint density at radius 3 is 2.52 bits per heavy atom. The van der Waals surface area contributed by atoms with Crippen LogP contribution in [-0.2, 0) is 9.59 Å². The van der Waals surface area contributed by atoms with Crippen molar-refractivity contribution in [2.75, 3.05) is 5.32 Å². The molecule has 112 valence electrons.